The lowest BCUT2D eigenvalue weighted by atomic mass is 10.1. The van der Waals surface area contributed by atoms with Gasteiger partial charge in [0, 0.05) is 0 Å². The number of hydrogen-bond acceptors (Lipinski definition) is 3. The van der Waals surface area contributed by atoms with Crippen molar-refractivity contribution in [1.29, 1.82) is 0 Å². The van der Waals surface area contributed by atoms with Crippen molar-refractivity contribution in [2.45, 2.75) is 12.3 Å². The monoisotopic (exact) mass is 307 g/mol. The van der Waals surface area contributed by atoms with Crippen molar-refractivity contribution in [3.8, 4) is 11.5 Å². The lowest BCUT2D eigenvalue weighted by molar-refractivity contribution is -0.0483. The van der Waals surface area contributed by atoms with Gasteiger partial charge in [-0.05, 0) is 42.8 Å². The smallest absolute Gasteiger partial charge is 0.310 e. The van der Waals surface area contributed by atoms with Crippen LogP contribution in [0.5, 0.6) is 11.5 Å². The van der Waals surface area contributed by atoms with E-state index in [0.29, 0.717) is 12.3 Å². The van der Waals surface area contributed by atoms with Crippen LogP contribution >= 0.6 is 0 Å². The molecule has 0 aliphatic heterocycles. The van der Waals surface area contributed by atoms with E-state index in [2.05, 4.69) is 0 Å². The van der Waals surface area contributed by atoms with Gasteiger partial charge in [0.15, 0.2) is 6.61 Å². The van der Waals surface area contributed by atoms with Gasteiger partial charge in [-0.1, -0.05) is 24.3 Å². The molecule has 0 saturated heterocycles. The van der Waals surface area contributed by atoms with Gasteiger partial charge >= 0.3 is 5.92 Å². The molecule has 5 heteroatoms. The molecule has 0 bridgehead atoms. The van der Waals surface area contributed by atoms with E-state index in [-0.39, 0.29) is 11.3 Å². The first kappa shape index (κ1) is 16.2. The molecular formula is C17H19F2NO2. The van der Waals surface area contributed by atoms with E-state index in [1.807, 2.05) is 12.1 Å². The highest BCUT2D eigenvalue weighted by atomic mass is 19.3. The molecular weight excluding hydrogens is 288 g/mol. The molecule has 0 saturated carbocycles. The molecule has 2 aromatic rings. The molecule has 2 aromatic carbocycles. The minimum atomic E-state index is -3.14. The van der Waals surface area contributed by atoms with Crippen LogP contribution in [-0.4, -0.2) is 20.3 Å². The lowest BCUT2D eigenvalue weighted by Crippen LogP contribution is -2.23. The van der Waals surface area contributed by atoms with E-state index in [1.165, 1.54) is 19.2 Å². The number of methoxy groups -OCH3 is 1. The average Bonchev–Trinajstić information content (AvgIpc) is 2.54. The number of ether oxygens (including phenoxy) is 2. The van der Waals surface area contributed by atoms with Gasteiger partial charge in [0.05, 0.1) is 12.7 Å². The van der Waals surface area contributed by atoms with Crippen LogP contribution in [0, 0.1) is 0 Å². The Morgan fingerprint density at radius 2 is 1.73 bits per heavy atom. The molecule has 2 rings (SSSR count). The summed E-state index contributed by atoms with van der Waals surface area (Å²) in [5.41, 5.74) is 6.33. The Bertz CT molecular complexity index is 600. The van der Waals surface area contributed by atoms with Gasteiger partial charge in [-0.15, -0.1) is 0 Å². The fraction of sp³-hybridized carbons (Fsp3) is 0.294. The number of hydrogen-bond donors (Lipinski definition) is 1. The summed E-state index contributed by atoms with van der Waals surface area (Å²) in [6.45, 7) is -0.199. The molecule has 0 atom stereocenters. The van der Waals surface area contributed by atoms with Crippen molar-refractivity contribution < 1.29 is 18.3 Å². The van der Waals surface area contributed by atoms with Crippen LogP contribution in [-0.2, 0) is 12.3 Å². The molecule has 0 radical (unpaired) electrons. The standard InChI is InChI=1S/C17H19F2NO2/c1-21-16-5-3-2-4-15(16)17(18,19)12-22-14-8-6-13(7-9-14)10-11-20/h2-9H,10-12,20H2,1H3. The normalized spacial score (nSPS) is 11.3. The van der Waals surface area contributed by atoms with Crippen LogP contribution in [0.3, 0.4) is 0 Å². The second-order valence-corrected chi connectivity index (χ2v) is 4.88. The molecule has 0 spiro atoms. The number of benzene rings is 2. The Balaban J connectivity index is 2.05. The Morgan fingerprint density at radius 3 is 2.36 bits per heavy atom. The molecule has 0 aliphatic carbocycles. The van der Waals surface area contributed by atoms with Gasteiger partial charge in [-0.25, -0.2) is 0 Å². The summed E-state index contributed by atoms with van der Waals surface area (Å²) < 4.78 is 38.7. The second kappa shape index (κ2) is 7.22. The molecule has 3 nitrogen and oxygen atoms in total. The van der Waals surface area contributed by atoms with Crippen molar-refractivity contribution in [2.75, 3.05) is 20.3 Å². The molecule has 0 aromatic heterocycles. The predicted molar refractivity (Wildman–Crippen MR) is 81.6 cm³/mol. The number of halogens is 2. The first-order chi connectivity index (χ1) is 10.6. The Kier molecular flexibility index (Phi) is 5.33. The van der Waals surface area contributed by atoms with E-state index in [4.69, 9.17) is 15.2 Å². The quantitative estimate of drug-likeness (QED) is 0.853. The summed E-state index contributed by atoms with van der Waals surface area (Å²) in [5, 5.41) is 0. The lowest BCUT2D eigenvalue weighted by Gasteiger charge is -2.19. The molecule has 2 N–H and O–H groups in total. The molecule has 0 amide bonds. The van der Waals surface area contributed by atoms with Gasteiger partial charge in [0.1, 0.15) is 11.5 Å². The summed E-state index contributed by atoms with van der Waals surface area (Å²) in [6.07, 6.45) is 0.748. The first-order valence-electron chi connectivity index (χ1n) is 7.00. The summed E-state index contributed by atoms with van der Waals surface area (Å²) in [5.74, 6) is -2.59. The van der Waals surface area contributed by atoms with Crippen molar-refractivity contribution in [1.82, 2.24) is 0 Å². The minimum absolute atomic E-state index is 0.148. The van der Waals surface area contributed by atoms with Crippen LogP contribution in [0.2, 0.25) is 0 Å². The van der Waals surface area contributed by atoms with Crippen LogP contribution in [0.15, 0.2) is 48.5 Å². The van der Waals surface area contributed by atoms with E-state index < -0.39 is 12.5 Å². The van der Waals surface area contributed by atoms with Gasteiger partial charge < -0.3 is 15.2 Å². The van der Waals surface area contributed by atoms with Crippen molar-refractivity contribution in [3.05, 3.63) is 59.7 Å². The highest BCUT2D eigenvalue weighted by Gasteiger charge is 2.35. The summed E-state index contributed by atoms with van der Waals surface area (Å²) >= 11 is 0. The summed E-state index contributed by atoms with van der Waals surface area (Å²) in [7, 11) is 1.37. The van der Waals surface area contributed by atoms with Crippen LogP contribution in [0.4, 0.5) is 8.78 Å². The van der Waals surface area contributed by atoms with Gasteiger partial charge in [0.2, 0.25) is 0 Å². The Morgan fingerprint density at radius 1 is 1.05 bits per heavy atom. The zero-order chi connectivity index (χ0) is 16.0. The Hall–Kier alpha value is -2.14. The predicted octanol–water partition coefficient (Wildman–Crippen LogP) is 3.37. The van der Waals surface area contributed by atoms with E-state index >= 15 is 0 Å². The summed E-state index contributed by atoms with van der Waals surface area (Å²) in [4.78, 5) is 0. The summed E-state index contributed by atoms with van der Waals surface area (Å²) in [6, 6.07) is 13.0. The van der Waals surface area contributed by atoms with E-state index in [1.54, 1.807) is 24.3 Å². The van der Waals surface area contributed by atoms with Crippen molar-refractivity contribution in [2.24, 2.45) is 5.73 Å². The average molecular weight is 307 g/mol. The topological polar surface area (TPSA) is 44.5 Å². The minimum Gasteiger partial charge on any atom is -0.496 e. The maximum absolute atomic E-state index is 14.3. The van der Waals surface area contributed by atoms with Gasteiger partial charge in [0.25, 0.3) is 0 Å². The highest BCUT2D eigenvalue weighted by Crippen LogP contribution is 2.35. The second-order valence-electron chi connectivity index (χ2n) is 4.88. The number of rotatable bonds is 7. The molecule has 0 aliphatic rings. The maximum Gasteiger partial charge on any atom is 0.310 e. The zero-order valence-electron chi connectivity index (χ0n) is 12.4. The van der Waals surface area contributed by atoms with Gasteiger partial charge in [-0.2, -0.15) is 8.78 Å². The Labute approximate surface area is 128 Å². The molecule has 0 unspecified atom stereocenters. The largest absolute Gasteiger partial charge is 0.496 e. The molecule has 0 heterocycles. The molecule has 0 fully saturated rings. The van der Waals surface area contributed by atoms with Crippen molar-refractivity contribution in [3.63, 3.8) is 0 Å². The number of nitrogens with two attached hydrogens (primary N) is 1. The van der Waals surface area contributed by atoms with Crippen LogP contribution in [0.1, 0.15) is 11.1 Å². The van der Waals surface area contributed by atoms with Crippen LogP contribution in [0.25, 0.3) is 0 Å². The van der Waals surface area contributed by atoms with Crippen molar-refractivity contribution >= 4 is 0 Å². The first-order valence-corrected chi connectivity index (χ1v) is 7.00. The highest BCUT2D eigenvalue weighted by molar-refractivity contribution is 5.37. The molecule has 22 heavy (non-hydrogen) atoms. The van der Waals surface area contributed by atoms with Gasteiger partial charge in [-0.3, -0.25) is 0 Å². The fourth-order valence-corrected chi connectivity index (χ4v) is 2.12. The maximum atomic E-state index is 14.3. The molecule has 118 valence electrons. The van der Waals surface area contributed by atoms with Crippen LogP contribution < -0.4 is 15.2 Å². The number of para-hydroxylation sites is 1. The fourth-order valence-electron chi connectivity index (χ4n) is 2.12. The third-order valence-corrected chi connectivity index (χ3v) is 3.28. The van der Waals surface area contributed by atoms with E-state index in [0.717, 1.165) is 12.0 Å². The van der Waals surface area contributed by atoms with E-state index in [9.17, 15) is 8.78 Å². The SMILES string of the molecule is COc1ccccc1C(F)(F)COc1ccc(CCN)cc1. The third-order valence-electron chi connectivity index (χ3n) is 3.28. The zero-order valence-corrected chi connectivity index (χ0v) is 12.4. The number of alkyl halides is 2. The third kappa shape index (κ3) is 3.95.